The van der Waals surface area contributed by atoms with E-state index in [4.69, 9.17) is 9.98 Å². The van der Waals surface area contributed by atoms with E-state index in [1.807, 2.05) is 0 Å². The number of benzene rings is 2. The smallest absolute Gasteiger partial charge is 0.0692 e. The van der Waals surface area contributed by atoms with Crippen molar-refractivity contribution in [3.63, 3.8) is 0 Å². The molecule has 126 valence electrons. The molecule has 2 rings (SSSR count). The lowest BCUT2D eigenvalue weighted by molar-refractivity contribution is 1.21. The molecule has 0 atom stereocenters. The van der Waals surface area contributed by atoms with E-state index < -0.39 is 0 Å². The van der Waals surface area contributed by atoms with Crippen LogP contribution in [-0.2, 0) is 0 Å². The normalized spacial score (nSPS) is 12.6. The summed E-state index contributed by atoms with van der Waals surface area (Å²) in [6.07, 6.45) is 1.76. The van der Waals surface area contributed by atoms with Crippen LogP contribution in [0.4, 0.5) is 11.4 Å². The standard InChI is InChI=1S/C22H28N2/c1-7-19(23-21-15(3)11-9-12-16(21)4)20(8-2)24-22-17(5)13-10-14-18(22)6/h9-14H,7-8H2,1-6H3. The molecule has 24 heavy (non-hydrogen) atoms. The van der Waals surface area contributed by atoms with Crippen molar-refractivity contribution in [3.05, 3.63) is 58.7 Å². The van der Waals surface area contributed by atoms with Crippen LogP contribution in [0.2, 0.25) is 0 Å². The van der Waals surface area contributed by atoms with Crippen LogP contribution in [-0.4, -0.2) is 11.4 Å². The Balaban J connectivity index is 2.55. The molecule has 0 aliphatic heterocycles. The highest BCUT2D eigenvalue weighted by Gasteiger charge is 2.10. The largest absolute Gasteiger partial charge is 0.251 e. The first-order valence-corrected chi connectivity index (χ1v) is 8.75. The van der Waals surface area contributed by atoms with E-state index in [2.05, 4.69) is 77.9 Å². The van der Waals surface area contributed by atoms with E-state index in [9.17, 15) is 0 Å². The summed E-state index contributed by atoms with van der Waals surface area (Å²) in [5.74, 6) is 0. The number of aryl methyl sites for hydroxylation is 4. The molecule has 0 fully saturated rings. The number of para-hydroxylation sites is 2. The van der Waals surface area contributed by atoms with Crippen molar-refractivity contribution in [3.8, 4) is 0 Å². The number of aliphatic imine (C=N–C) groups is 2. The van der Waals surface area contributed by atoms with Gasteiger partial charge >= 0.3 is 0 Å². The summed E-state index contributed by atoms with van der Waals surface area (Å²) in [5, 5.41) is 0. The minimum Gasteiger partial charge on any atom is -0.251 e. The summed E-state index contributed by atoms with van der Waals surface area (Å²) < 4.78 is 0. The summed E-state index contributed by atoms with van der Waals surface area (Å²) in [5.41, 5.74) is 9.17. The third-order valence-corrected chi connectivity index (χ3v) is 4.38. The van der Waals surface area contributed by atoms with Crippen molar-refractivity contribution in [2.24, 2.45) is 9.98 Å². The Bertz CT molecular complexity index is 675. The summed E-state index contributed by atoms with van der Waals surface area (Å²) in [4.78, 5) is 9.98. The molecule has 2 aromatic carbocycles. The molecule has 2 heteroatoms. The molecule has 2 aromatic rings. The lowest BCUT2D eigenvalue weighted by Crippen LogP contribution is -2.12. The van der Waals surface area contributed by atoms with Gasteiger partial charge in [-0.05, 0) is 62.8 Å². The molecule has 0 amide bonds. The highest BCUT2D eigenvalue weighted by molar-refractivity contribution is 6.43. The maximum absolute atomic E-state index is 4.99. The number of hydrogen-bond acceptors (Lipinski definition) is 2. The van der Waals surface area contributed by atoms with Crippen LogP contribution in [0.25, 0.3) is 0 Å². The minimum absolute atomic E-state index is 0.880. The van der Waals surface area contributed by atoms with Gasteiger partial charge in [0, 0.05) is 0 Å². The minimum atomic E-state index is 0.880. The van der Waals surface area contributed by atoms with Gasteiger partial charge in [-0.15, -0.1) is 0 Å². The fourth-order valence-electron chi connectivity index (χ4n) is 2.93. The van der Waals surface area contributed by atoms with Gasteiger partial charge in [-0.25, -0.2) is 0 Å². The Hall–Kier alpha value is -2.22. The van der Waals surface area contributed by atoms with Crippen LogP contribution < -0.4 is 0 Å². The zero-order valence-corrected chi connectivity index (χ0v) is 15.8. The maximum Gasteiger partial charge on any atom is 0.0692 e. The van der Waals surface area contributed by atoms with E-state index in [1.54, 1.807) is 0 Å². The van der Waals surface area contributed by atoms with Gasteiger partial charge in [0.2, 0.25) is 0 Å². The molecule has 0 aliphatic rings. The van der Waals surface area contributed by atoms with Crippen molar-refractivity contribution in [2.75, 3.05) is 0 Å². The molecule has 0 spiro atoms. The first kappa shape index (κ1) is 18.1. The Morgan fingerprint density at radius 2 is 0.917 bits per heavy atom. The molecule has 0 unspecified atom stereocenters. The monoisotopic (exact) mass is 320 g/mol. The quantitative estimate of drug-likeness (QED) is 0.555. The fraction of sp³-hybridized carbons (Fsp3) is 0.364. The van der Waals surface area contributed by atoms with Crippen LogP contribution in [0.5, 0.6) is 0 Å². The third-order valence-electron chi connectivity index (χ3n) is 4.38. The SMILES string of the molecule is CCC(=Nc1c(C)cccc1C)C(CC)=Nc1c(C)cccc1C. The summed E-state index contributed by atoms with van der Waals surface area (Å²) in [7, 11) is 0. The van der Waals surface area contributed by atoms with Gasteiger partial charge < -0.3 is 0 Å². The van der Waals surface area contributed by atoms with Crippen LogP contribution in [0, 0.1) is 27.7 Å². The second-order valence-corrected chi connectivity index (χ2v) is 6.30. The number of rotatable bonds is 5. The predicted octanol–water partition coefficient (Wildman–Crippen LogP) is 6.59. The van der Waals surface area contributed by atoms with Crippen LogP contribution in [0.3, 0.4) is 0 Å². The maximum atomic E-state index is 4.99. The van der Waals surface area contributed by atoms with Gasteiger partial charge in [-0.1, -0.05) is 50.2 Å². The topological polar surface area (TPSA) is 24.7 Å². The molecule has 0 radical (unpaired) electrons. The molecule has 0 aliphatic carbocycles. The zero-order chi connectivity index (χ0) is 17.7. The third kappa shape index (κ3) is 4.00. The number of hydrogen-bond donors (Lipinski definition) is 0. The fourth-order valence-corrected chi connectivity index (χ4v) is 2.93. The van der Waals surface area contributed by atoms with Gasteiger partial charge in [0.25, 0.3) is 0 Å². The van der Waals surface area contributed by atoms with Crippen LogP contribution in [0.15, 0.2) is 46.4 Å². The summed E-state index contributed by atoms with van der Waals surface area (Å²) in [6, 6.07) is 12.6. The van der Waals surface area contributed by atoms with Gasteiger partial charge in [0.05, 0.1) is 22.8 Å². The molecular formula is C22H28N2. The highest BCUT2D eigenvalue weighted by atomic mass is 14.8. The van der Waals surface area contributed by atoms with E-state index in [-0.39, 0.29) is 0 Å². The van der Waals surface area contributed by atoms with Gasteiger partial charge in [-0.3, -0.25) is 9.98 Å². The summed E-state index contributed by atoms with van der Waals surface area (Å²) in [6.45, 7) is 12.8. The Labute approximate surface area is 146 Å². The second-order valence-electron chi connectivity index (χ2n) is 6.30. The van der Waals surface area contributed by atoms with Crippen molar-refractivity contribution >= 4 is 22.8 Å². The Kier molecular flexibility index (Phi) is 6.08. The van der Waals surface area contributed by atoms with Crippen molar-refractivity contribution in [2.45, 2.75) is 54.4 Å². The van der Waals surface area contributed by atoms with E-state index in [1.165, 1.54) is 22.3 Å². The van der Waals surface area contributed by atoms with Crippen molar-refractivity contribution < 1.29 is 0 Å². The first-order chi connectivity index (χ1) is 11.5. The summed E-state index contributed by atoms with van der Waals surface area (Å²) >= 11 is 0. The van der Waals surface area contributed by atoms with Gasteiger partial charge in [-0.2, -0.15) is 0 Å². The molecule has 0 bridgehead atoms. The van der Waals surface area contributed by atoms with Gasteiger partial charge in [0.15, 0.2) is 0 Å². The van der Waals surface area contributed by atoms with Crippen LogP contribution >= 0.6 is 0 Å². The second kappa shape index (κ2) is 8.05. The molecule has 0 N–H and O–H groups in total. The van der Waals surface area contributed by atoms with Gasteiger partial charge in [0.1, 0.15) is 0 Å². The van der Waals surface area contributed by atoms with E-state index >= 15 is 0 Å². The van der Waals surface area contributed by atoms with E-state index in [0.29, 0.717) is 0 Å². The molecule has 0 saturated carbocycles. The molecule has 2 nitrogen and oxygen atoms in total. The first-order valence-electron chi connectivity index (χ1n) is 8.75. The molecule has 0 saturated heterocycles. The lowest BCUT2D eigenvalue weighted by Gasteiger charge is -2.12. The van der Waals surface area contributed by atoms with E-state index in [0.717, 1.165) is 35.6 Å². The average molecular weight is 320 g/mol. The molecule has 0 heterocycles. The highest BCUT2D eigenvalue weighted by Crippen LogP contribution is 2.26. The Morgan fingerprint density at radius 1 is 0.625 bits per heavy atom. The van der Waals surface area contributed by atoms with Crippen LogP contribution in [0.1, 0.15) is 48.9 Å². The van der Waals surface area contributed by atoms with Crippen molar-refractivity contribution in [1.82, 2.24) is 0 Å². The zero-order valence-electron chi connectivity index (χ0n) is 15.8. The number of nitrogens with zero attached hydrogens (tertiary/aromatic N) is 2. The average Bonchev–Trinajstić information content (AvgIpc) is 2.55. The lowest BCUT2D eigenvalue weighted by atomic mass is 10.1. The molecular weight excluding hydrogens is 292 g/mol. The molecule has 0 aromatic heterocycles. The van der Waals surface area contributed by atoms with Crippen molar-refractivity contribution in [1.29, 1.82) is 0 Å². The Morgan fingerprint density at radius 3 is 1.17 bits per heavy atom. The predicted molar refractivity (Wildman–Crippen MR) is 107 cm³/mol.